The molecule has 0 aliphatic heterocycles. The van der Waals surface area contributed by atoms with Crippen molar-refractivity contribution in [1.29, 1.82) is 0 Å². The number of esters is 1. The maximum Gasteiger partial charge on any atom is 0.324 e. The van der Waals surface area contributed by atoms with Crippen molar-refractivity contribution in [3.8, 4) is 11.8 Å². The molecule has 0 aromatic carbocycles. The summed E-state index contributed by atoms with van der Waals surface area (Å²) in [6.45, 7) is 5.28. The van der Waals surface area contributed by atoms with Crippen LogP contribution < -0.4 is 0 Å². The Morgan fingerprint density at radius 1 is 1.38 bits per heavy atom. The van der Waals surface area contributed by atoms with Gasteiger partial charge in [-0.25, -0.2) is 0 Å². The summed E-state index contributed by atoms with van der Waals surface area (Å²) in [6, 6.07) is 0. The molecule has 0 heterocycles. The van der Waals surface area contributed by atoms with Crippen LogP contribution >= 0.6 is 0 Å². The van der Waals surface area contributed by atoms with Gasteiger partial charge in [0.05, 0.1) is 6.61 Å². The highest BCUT2D eigenvalue weighted by atomic mass is 16.5. The van der Waals surface area contributed by atoms with Crippen LogP contribution in [0.4, 0.5) is 0 Å². The van der Waals surface area contributed by atoms with Crippen LogP contribution in [0.25, 0.3) is 0 Å². The number of rotatable bonds is 6. The standard InChI is InChI=1S/C12H18O4/c1-4-7-9-12(8-5-2,10(13)14)11(15)16-6-3/h5-6,8-9H2,1-3H3,(H,13,14). The molecule has 0 saturated carbocycles. The van der Waals surface area contributed by atoms with E-state index in [4.69, 9.17) is 4.74 Å². The van der Waals surface area contributed by atoms with Gasteiger partial charge in [0.15, 0.2) is 5.41 Å². The Kier molecular flexibility index (Phi) is 6.24. The Labute approximate surface area is 96.0 Å². The summed E-state index contributed by atoms with van der Waals surface area (Å²) in [4.78, 5) is 23.0. The molecule has 1 atom stereocenters. The first kappa shape index (κ1) is 14.5. The van der Waals surface area contributed by atoms with Crippen LogP contribution in [0.5, 0.6) is 0 Å². The second-order valence-electron chi connectivity index (χ2n) is 3.46. The summed E-state index contributed by atoms with van der Waals surface area (Å²) in [5.41, 5.74) is -1.51. The predicted molar refractivity (Wildman–Crippen MR) is 59.7 cm³/mol. The lowest BCUT2D eigenvalue weighted by Gasteiger charge is -2.24. The minimum atomic E-state index is -1.51. The third-order valence-electron chi connectivity index (χ3n) is 2.32. The van der Waals surface area contributed by atoms with E-state index in [1.165, 1.54) is 0 Å². The van der Waals surface area contributed by atoms with Crippen molar-refractivity contribution in [1.82, 2.24) is 0 Å². The Hall–Kier alpha value is -1.50. The van der Waals surface area contributed by atoms with Gasteiger partial charge in [-0.2, -0.15) is 0 Å². The first-order chi connectivity index (χ1) is 7.55. The molecule has 4 nitrogen and oxygen atoms in total. The Balaban J connectivity index is 5.12. The van der Waals surface area contributed by atoms with E-state index in [1.54, 1.807) is 13.8 Å². The van der Waals surface area contributed by atoms with E-state index in [0.717, 1.165) is 0 Å². The lowest BCUT2D eigenvalue weighted by Crippen LogP contribution is -2.40. The first-order valence-electron chi connectivity index (χ1n) is 5.35. The van der Waals surface area contributed by atoms with Gasteiger partial charge in [0, 0.05) is 6.42 Å². The maximum absolute atomic E-state index is 11.7. The molecule has 0 aliphatic carbocycles. The van der Waals surface area contributed by atoms with E-state index in [0.29, 0.717) is 6.42 Å². The molecule has 0 bridgehead atoms. The SMILES string of the molecule is CC#CCC(CCC)(C(=O)O)C(=O)OCC. The minimum absolute atomic E-state index is 0.00546. The van der Waals surface area contributed by atoms with Gasteiger partial charge in [-0.05, 0) is 20.3 Å². The monoisotopic (exact) mass is 226 g/mol. The molecular weight excluding hydrogens is 208 g/mol. The summed E-state index contributed by atoms with van der Waals surface area (Å²) < 4.78 is 4.83. The molecule has 0 spiro atoms. The largest absolute Gasteiger partial charge is 0.480 e. The molecule has 0 aromatic heterocycles. The number of carbonyl (C=O) groups excluding carboxylic acids is 1. The Morgan fingerprint density at radius 3 is 2.38 bits per heavy atom. The molecule has 90 valence electrons. The number of carboxylic acid groups (broad SMARTS) is 1. The molecule has 0 saturated heterocycles. The van der Waals surface area contributed by atoms with Crippen molar-refractivity contribution in [2.75, 3.05) is 6.61 Å². The van der Waals surface area contributed by atoms with Gasteiger partial charge in [0.25, 0.3) is 0 Å². The normalized spacial score (nSPS) is 13.2. The molecule has 1 N–H and O–H groups in total. The Morgan fingerprint density at radius 2 is 2.00 bits per heavy atom. The minimum Gasteiger partial charge on any atom is -0.480 e. The molecule has 0 aliphatic rings. The predicted octanol–water partition coefficient (Wildman–Crippen LogP) is 1.83. The van der Waals surface area contributed by atoms with Crippen molar-refractivity contribution in [2.45, 2.75) is 40.0 Å². The van der Waals surface area contributed by atoms with Gasteiger partial charge in [-0.1, -0.05) is 13.3 Å². The zero-order chi connectivity index (χ0) is 12.6. The fourth-order valence-corrected chi connectivity index (χ4v) is 1.47. The maximum atomic E-state index is 11.7. The average Bonchev–Trinajstić information content (AvgIpc) is 2.24. The van der Waals surface area contributed by atoms with Gasteiger partial charge < -0.3 is 9.84 Å². The summed E-state index contributed by atoms with van der Waals surface area (Å²) in [7, 11) is 0. The van der Waals surface area contributed by atoms with E-state index in [-0.39, 0.29) is 19.4 Å². The molecule has 0 amide bonds. The molecule has 16 heavy (non-hydrogen) atoms. The summed E-state index contributed by atoms with van der Waals surface area (Å²) in [6.07, 6.45) is 0.845. The average molecular weight is 226 g/mol. The number of ether oxygens (including phenoxy) is 1. The van der Waals surface area contributed by atoms with Gasteiger partial charge >= 0.3 is 11.9 Å². The highest BCUT2D eigenvalue weighted by Crippen LogP contribution is 2.30. The molecule has 4 heteroatoms. The van der Waals surface area contributed by atoms with E-state index in [9.17, 15) is 14.7 Å². The number of hydrogen-bond acceptors (Lipinski definition) is 3. The fourth-order valence-electron chi connectivity index (χ4n) is 1.47. The third kappa shape index (κ3) is 3.27. The second kappa shape index (κ2) is 6.89. The number of hydrogen-bond donors (Lipinski definition) is 1. The molecule has 0 fully saturated rings. The van der Waals surface area contributed by atoms with Gasteiger partial charge in [-0.15, -0.1) is 11.8 Å². The Bertz CT molecular complexity index is 311. The zero-order valence-electron chi connectivity index (χ0n) is 10.0. The molecule has 1 unspecified atom stereocenters. The summed E-state index contributed by atoms with van der Waals surface area (Å²) in [5.74, 6) is 3.43. The molecule has 0 rings (SSSR count). The molecular formula is C12H18O4. The fraction of sp³-hybridized carbons (Fsp3) is 0.667. The first-order valence-corrected chi connectivity index (χ1v) is 5.35. The van der Waals surface area contributed by atoms with E-state index >= 15 is 0 Å². The van der Waals surface area contributed by atoms with Crippen LogP contribution in [0.2, 0.25) is 0 Å². The van der Waals surface area contributed by atoms with E-state index < -0.39 is 17.4 Å². The second-order valence-corrected chi connectivity index (χ2v) is 3.46. The summed E-state index contributed by atoms with van der Waals surface area (Å²) in [5, 5.41) is 9.21. The van der Waals surface area contributed by atoms with Crippen molar-refractivity contribution >= 4 is 11.9 Å². The van der Waals surface area contributed by atoms with Crippen molar-refractivity contribution in [3.63, 3.8) is 0 Å². The highest BCUT2D eigenvalue weighted by Gasteiger charge is 2.46. The van der Waals surface area contributed by atoms with Crippen LogP contribution in [0.15, 0.2) is 0 Å². The number of carboxylic acids is 1. The zero-order valence-corrected chi connectivity index (χ0v) is 10.0. The van der Waals surface area contributed by atoms with Crippen molar-refractivity contribution in [2.24, 2.45) is 5.41 Å². The third-order valence-corrected chi connectivity index (χ3v) is 2.32. The lowest BCUT2D eigenvalue weighted by molar-refractivity contribution is -0.168. The van der Waals surface area contributed by atoms with Crippen LogP contribution in [-0.4, -0.2) is 23.7 Å². The lowest BCUT2D eigenvalue weighted by atomic mass is 9.80. The van der Waals surface area contributed by atoms with Crippen LogP contribution in [0.1, 0.15) is 40.0 Å². The van der Waals surface area contributed by atoms with Gasteiger partial charge in [0.2, 0.25) is 0 Å². The summed E-state index contributed by atoms with van der Waals surface area (Å²) >= 11 is 0. The van der Waals surface area contributed by atoms with Crippen molar-refractivity contribution < 1.29 is 19.4 Å². The van der Waals surface area contributed by atoms with Gasteiger partial charge in [0.1, 0.15) is 0 Å². The van der Waals surface area contributed by atoms with Crippen LogP contribution in [0.3, 0.4) is 0 Å². The quantitative estimate of drug-likeness (QED) is 0.426. The number of carbonyl (C=O) groups is 2. The molecule has 0 aromatic rings. The molecule has 0 radical (unpaired) electrons. The van der Waals surface area contributed by atoms with Crippen LogP contribution in [-0.2, 0) is 14.3 Å². The van der Waals surface area contributed by atoms with Crippen molar-refractivity contribution in [3.05, 3.63) is 0 Å². The van der Waals surface area contributed by atoms with E-state index in [1.807, 2.05) is 6.92 Å². The number of aliphatic carboxylic acids is 1. The smallest absolute Gasteiger partial charge is 0.324 e. The topological polar surface area (TPSA) is 63.6 Å². The van der Waals surface area contributed by atoms with E-state index in [2.05, 4.69) is 11.8 Å². The highest BCUT2D eigenvalue weighted by molar-refractivity contribution is 5.99. The van der Waals surface area contributed by atoms with Crippen LogP contribution in [0, 0.1) is 17.3 Å². The van der Waals surface area contributed by atoms with Gasteiger partial charge in [-0.3, -0.25) is 9.59 Å².